The van der Waals surface area contributed by atoms with Crippen molar-refractivity contribution in [3.8, 4) is 0 Å². The Morgan fingerprint density at radius 3 is 2.17 bits per heavy atom. The highest BCUT2D eigenvalue weighted by Crippen LogP contribution is 2.04. The van der Waals surface area contributed by atoms with Crippen molar-refractivity contribution in [2.45, 2.75) is 20.4 Å². The number of rotatable bonds is 3. The summed E-state index contributed by atoms with van der Waals surface area (Å²) in [5.41, 5.74) is 2.60. The Morgan fingerprint density at radius 1 is 1.06 bits per heavy atom. The average molecular weight is 244 g/mol. The number of hydrogen-bond acceptors (Lipinski definition) is 1. The number of nitrogens with zero attached hydrogens (tertiary/aromatic N) is 1. The number of aryl methyl sites for hydroxylation is 2. The Bertz CT molecular complexity index is 555. The number of Topliss-reactive ketones (excluding diaryl/α,β-unsaturated/α-hetero) is 1. The number of pyridine rings is 1. The van der Waals surface area contributed by atoms with E-state index >= 15 is 0 Å². The van der Waals surface area contributed by atoms with Gasteiger partial charge in [0.05, 0.1) is 0 Å². The van der Waals surface area contributed by atoms with Crippen LogP contribution in [0.25, 0.3) is 0 Å². The minimum atomic E-state index is -0.328. The molecule has 0 N–H and O–H groups in total. The molecule has 92 valence electrons. The van der Waals surface area contributed by atoms with Gasteiger partial charge in [-0.25, -0.2) is 4.39 Å². The van der Waals surface area contributed by atoms with Crippen LogP contribution in [0, 0.1) is 19.7 Å². The number of benzene rings is 1. The minimum absolute atomic E-state index is 0.0163. The lowest BCUT2D eigenvalue weighted by Crippen LogP contribution is -2.43. The van der Waals surface area contributed by atoms with Crippen LogP contribution in [0.1, 0.15) is 21.7 Å². The van der Waals surface area contributed by atoms with E-state index in [0.717, 1.165) is 11.4 Å². The molecule has 1 aromatic carbocycles. The second-order valence-corrected chi connectivity index (χ2v) is 4.32. The van der Waals surface area contributed by atoms with Crippen LogP contribution >= 0.6 is 0 Å². The van der Waals surface area contributed by atoms with Gasteiger partial charge in [0.15, 0.2) is 11.4 Å². The standard InChI is InChI=1S/C15H15FNO/c1-11-4-3-5-12(2)17(11)10-15(18)13-6-8-14(16)9-7-13/h3-9H,10H2,1-2H3/q+1. The quantitative estimate of drug-likeness (QED) is 0.600. The van der Waals surface area contributed by atoms with Gasteiger partial charge in [-0.05, 0) is 30.3 Å². The smallest absolute Gasteiger partial charge is 0.227 e. The highest BCUT2D eigenvalue weighted by molar-refractivity contribution is 5.95. The number of halogens is 1. The highest BCUT2D eigenvalue weighted by Gasteiger charge is 2.16. The van der Waals surface area contributed by atoms with Crippen LogP contribution in [0.3, 0.4) is 0 Å². The van der Waals surface area contributed by atoms with E-state index in [9.17, 15) is 9.18 Å². The third-order valence-corrected chi connectivity index (χ3v) is 2.99. The molecule has 0 bridgehead atoms. The summed E-state index contributed by atoms with van der Waals surface area (Å²) in [6.07, 6.45) is 0. The Morgan fingerprint density at radius 2 is 1.61 bits per heavy atom. The van der Waals surface area contributed by atoms with Crippen LogP contribution in [0.2, 0.25) is 0 Å². The predicted molar refractivity (Wildman–Crippen MR) is 66.8 cm³/mol. The van der Waals surface area contributed by atoms with E-state index in [1.54, 1.807) is 0 Å². The minimum Gasteiger partial charge on any atom is -0.287 e. The van der Waals surface area contributed by atoms with E-state index < -0.39 is 0 Å². The molecule has 1 aromatic heterocycles. The monoisotopic (exact) mass is 244 g/mol. The lowest BCUT2D eigenvalue weighted by Gasteiger charge is -2.03. The van der Waals surface area contributed by atoms with E-state index in [0.29, 0.717) is 5.56 Å². The van der Waals surface area contributed by atoms with Crippen molar-refractivity contribution in [2.75, 3.05) is 0 Å². The molecule has 2 aromatic rings. The fourth-order valence-corrected chi connectivity index (χ4v) is 1.90. The Hall–Kier alpha value is -2.03. The van der Waals surface area contributed by atoms with Gasteiger partial charge < -0.3 is 0 Å². The van der Waals surface area contributed by atoms with Gasteiger partial charge in [-0.1, -0.05) is 0 Å². The molecule has 0 aliphatic rings. The molecule has 0 aliphatic carbocycles. The van der Waals surface area contributed by atoms with Crippen LogP contribution in [0.15, 0.2) is 42.5 Å². The number of aromatic nitrogens is 1. The van der Waals surface area contributed by atoms with E-state index in [1.165, 1.54) is 24.3 Å². The summed E-state index contributed by atoms with van der Waals surface area (Å²) in [5.74, 6) is -0.344. The van der Waals surface area contributed by atoms with Gasteiger partial charge in [-0.3, -0.25) is 4.79 Å². The van der Waals surface area contributed by atoms with Gasteiger partial charge in [0.2, 0.25) is 12.3 Å². The van der Waals surface area contributed by atoms with Crippen LogP contribution in [-0.4, -0.2) is 5.78 Å². The van der Waals surface area contributed by atoms with Crippen molar-refractivity contribution >= 4 is 5.78 Å². The maximum Gasteiger partial charge on any atom is 0.227 e. The maximum atomic E-state index is 12.8. The lowest BCUT2D eigenvalue weighted by atomic mass is 10.1. The summed E-state index contributed by atoms with van der Waals surface area (Å²) in [5, 5.41) is 0. The molecule has 2 nitrogen and oxygen atoms in total. The second-order valence-electron chi connectivity index (χ2n) is 4.32. The molecule has 2 rings (SSSR count). The van der Waals surface area contributed by atoms with E-state index in [1.807, 2.05) is 36.6 Å². The molecule has 0 spiro atoms. The summed E-state index contributed by atoms with van der Waals surface area (Å²) in [7, 11) is 0. The van der Waals surface area contributed by atoms with E-state index in [-0.39, 0.29) is 18.1 Å². The van der Waals surface area contributed by atoms with E-state index in [2.05, 4.69) is 0 Å². The first-order chi connectivity index (χ1) is 8.58. The molecular weight excluding hydrogens is 229 g/mol. The zero-order chi connectivity index (χ0) is 13.1. The zero-order valence-electron chi connectivity index (χ0n) is 10.5. The zero-order valence-corrected chi connectivity index (χ0v) is 10.5. The molecule has 0 saturated carbocycles. The summed E-state index contributed by atoms with van der Waals surface area (Å²) in [4.78, 5) is 12.1. The Balaban J connectivity index is 2.24. The predicted octanol–water partition coefficient (Wildman–Crippen LogP) is 2.61. The topological polar surface area (TPSA) is 20.9 Å². The molecule has 3 heteroatoms. The molecular formula is C15H15FNO+. The molecule has 0 amide bonds. The normalized spacial score (nSPS) is 10.4. The summed E-state index contributed by atoms with van der Waals surface area (Å²) in [6.45, 7) is 4.21. The molecule has 18 heavy (non-hydrogen) atoms. The van der Waals surface area contributed by atoms with Crippen molar-refractivity contribution in [1.29, 1.82) is 0 Å². The fraction of sp³-hybridized carbons (Fsp3) is 0.200. The molecule has 1 heterocycles. The van der Waals surface area contributed by atoms with Gasteiger partial charge >= 0.3 is 0 Å². The fourth-order valence-electron chi connectivity index (χ4n) is 1.90. The van der Waals surface area contributed by atoms with Crippen LogP contribution < -0.4 is 4.57 Å². The van der Waals surface area contributed by atoms with Crippen molar-refractivity contribution in [1.82, 2.24) is 0 Å². The van der Waals surface area contributed by atoms with Crippen molar-refractivity contribution < 1.29 is 13.8 Å². The van der Waals surface area contributed by atoms with Crippen molar-refractivity contribution in [3.05, 3.63) is 65.2 Å². The summed E-state index contributed by atoms with van der Waals surface area (Å²) < 4.78 is 14.7. The number of carbonyl (C=O) groups excluding carboxylic acids is 1. The van der Waals surface area contributed by atoms with Gasteiger partial charge in [0.1, 0.15) is 5.82 Å². The highest BCUT2D eigenvalue weighted by atomic mass is 19.1. The Kier molecular flexibility index (Phi) is 3.51. The van der Waals surface area contributed by atoms with Crippen LogP contribution in [-0.2, 0) is 6.54 Å². The second kappa shape index (κ2) is 5.08. The number of ketones is 1. The Labute approximate surface area is 106 Å². The third kappa shape index (κ3) is 2.62. The number of hydrogen-bond donors (Lipinski definition) is 0. The first-order valence-electron chi connectivity index (χ1n) is 5.83. The number of carbonyl (C=O) groups is 1. The van der Waals surface area contributed by atoms with Gasteiger partial charge in [0, 0.05) is 31.5 Å². The SMILES string of the molecule is Cc1cccc(C)[n+]1CC(=O)c1ccc(F)cc1. The molecule has 0 aliphatic heterocycles. The third-order valence-electron chi connectivity index (χ3n) is 2.99. The lowest BCUT2D eigenvalue weighted by molar-refractivity contribution is -0.695. The molecule has 0 saturated heterocycles. The van der Waals surface area contributed by atoms with Crippen LogP contribution in [0.4, 0.5) is 4.39 Å². The summed E-state index contributed by atoms with van der Waals surface area (Å²) in [6, 6.07) is 11.5. The molecule has 0 fully saturated rings. The van der Waals surface area contributed by atoms with Crippen LogP contribution in [0.5, 0.6) is 0 Å². The largest absolute Gasteiger partial charge is 0.287 e. The van der Waals surface area contributed by atoms with Crippen molar-refractivity contribution in [2.24, 2.45) is 0 Å². The van der Waals surface area contributed by atoms with Crippen molar-refractivity contribution in [3.63, 3.8) is 0 Å². The molecule has 0 radical (unpaired) electrons. The maximum absolute atomic E-state index is 12.8. The van der Waals surface area contributed by atoms with Gasteiger partial charge in [-0.15, -0.1) is 0 Å². The first-order valence-corrected chi connectivity index (χ1v) is 5.83. The van der Waals surface area contributed by atoms with Gasteiger partial charge in [-0.2, -0.15) is 4.57 Å². The molecule has 0 unspecified atom stereocenters. The summed E-state index contributed by atoms with van der Waals surface area (Å²) >= 11 is 0. The van der Waals surface area contributed by atoms with E-state index in [4.69, 9.17) is 0 Å². The first kappa shape index (κ1) is 12.4. The molecule has 0 atom stereocenters. The average Bonchev–Trinajstić information content (AvgIpc) is 2.34. The van der Waals surface area contributed by atoms with Gasteiger partial charge in [0.25, 0.3) is 0 Å².